The summed E-state index contributed by atoms with van der Waals surface area (Å²) in [6.07, 6.45) is 5.65. The number of rotatable bonds is 9. The SMILES string of the molecule is CCCNCc1cnccc1OCCCOC. The Hall–Kier alpha value is -1.13. The maximum atomic E-state index is 5.71. The Morgan fingerprint density at radius 3 is 3.00 bits per heavy atom. The van der Waals surface area contributed by atoms with Crippen molar-refractivity contribution in [3.8, 4) is 5.75 Å². The third kappa shape index (κ3) is 5.65. The summed E-state index contributed by atoms with van der Waals surface area (Å²) < 4.78 is 10.7. The van der Waals surface area contributed by atoms with Gasteiger partial charge in [-0.15, -0.1) is 0 Å². The first-order chi connectivity index (χ1) is 8.38. The molecule has 0 aliphatic carbocycles. The Labute approximate surface area is 103 Å². The van der Waals surface area contributed by atoms with Gasteiger partial charge >= 0.3 is 0 Å². The normalized spacial score (nSPS) is 10.5. The molecule has 0 unspecified atom stereocenters. The lowest BCUT2D eigenvalue weighted by molar-refractivity contribution is 0.171. The molecule has 1 heterocycles. The maximum absolute atomic E-state index is 5.71. The average Bonchev–Trinajstić information content (AvgIpc) is 2.36. The molecule has 17 heavy (non-hydrogen) atoms. The van der Waals surface area contributed by atoms with Crippen LogP contribution in [0.4, 0.5) is 0 Å². The lowest BCUT2D eigenvalue weighted by atomic mass is 10.2. The third-order valence-corrected chi connectivity index (χ3v) is 2.35. The van der Waals surface area contributed by atoms with E-state index in [2.05, 4.69) is 17.2 Å². The molecule has 0 aromatic carbocycles. The lowest BCUT2D eigenvalue weighted by Gasteiger charge is -2.11. The number of hydrogen-bond acceptors (Lipinski definition) is 4. The molecule has 0 bridgehead atoms. The molecular formula is C13H22N2O2. The van der Waals surface area contributed by atoms with Crippen LogP contribution >= 0.6 is 0 Å². The van der Waals surface area contributed by atoms with Gasteiger partial charge in [0.05, 0.1) is 6.61 Å². The van der Waals surface area contributed by atoms with E-state index in [0.29, 0.717) is 6.61 Å². The monoisotopic (exact) mass is 238 g/mol. The fourth-order valence-electron chi connectivity index (χ4n) is 1.47. The zero-order chi connectivity index (χ0) is 12.3. The summed E-state index contributed by atoms with van der Waals surface area (Å²) in [6.45, 7) is 5.38. The topological polar surface area (TPSA) is 43.4 Å². The molecule has 0 amide bonds. The van der Waals surface area contributed by atoms with Crippen molar-refractivity contribution >= 4 is 0 Å². The highest BCUT2D eigenvalue weighted by molar-refractivity contribution is 5.29. The van der Waals surface area contributed by atoms with Gasteiger partial charge in [0.15, 0.2) is 0 Å². The predicted octanol–water partition coefficient (Wildman–Crippen LogP) is 2.00. The number of methoxy groups -OCH3 is 1. The van der Waals surface area contributed by atoms with Crippen molar-refractivity contribution in [1.82, 2.24) is 10.3 Å². The van der Waals surface area contributed by atoms with E-state index in [-0.39, 0.29) is 0 Å². The van der Waals surface area contributed by atoms with Crippen LogP contribution in [0.25, 0.3) is 0 Å². The van der Waals surface area contributed by atoms with Crippen LogP contribution in [0.5, 0.6) is 5.75 Å². The van der Waals surface area contributed by atoms with Crippen LogP contribution in [0.2, 0.25) is 0 Å². The Morgan fingerprint density at radius 1 is 1.35 bits per heavy atom. The fraction of sp³-hybridized carbons (Fsp3) is 0.615. The van der Waals surface area contributed by atoms with E-state index in [4.69, 9.17) is 9.47 Å². The number of nitrogens with one attached hydrogen (secondary N) is 1. The summed E-state index contributed by atoms with van der Waals surface area (Å²) in [6, 6.07) is 1.91. The predicted molar refractivity (Wildman–Crippen MR) is 68.2 cm³/mol. The quantitative estimate of drug-likeness (QED) is 0.668. The molecule has 0 atom stereocenters. The Balaban J connectivity index is 2.40. The van der Waals surface area contributed by atoms with E-state index in [1.54, 1.807) is 13.3 Å². The van der Waals surface area contributed by atoms with Crippen molar-refractivity contribution in [2.45, 2.75) is 26.3 Å². The molecule has 0 aliphatic rings. The van der Waals surface area contributed by atoms with Crippen molar-refractivity contribution in [2.75, 3.05) is 26.9 Å². The van der Waals surface area contributed by atoms with Gasteiger partial charge in [-0.05, 0) is 19.0 Å². The highest BCUT2D eigenvalue weighted by Crippen LogP contribution is 2.16. The number of ether oxygens (including phenoxy) is 2. The molecule has 0 aliphatic heterocycles. The van der Waals surface area contributed by atoms with Gasteiger partial charge in [0.2, 0.25) is 0 Å². The summed E-state index contributed by atoms with van der Waals surface area (Å²) in [5.74, 6) is 0.916. The van der Waals surface area contributed by atoms with Gasteiger partial charge in [-0.25, -0.2) is 0 Å². The smallest absolute Gasteiger partial charge is 0.126 e. The molecule has 0 saturated heterocycles. The molecule has 4 nitrogen and oxygen atoms in total. The lowest BCUT2D eigenvalue weighted by Crippen LogP contribution is -2.15. The Morgan fingerprint density at radius 2 is 2.24 bits per heavy atom. The molecule has 96 valence electrons. The highest BCUT2D eigenvalue weighted by Gasteiger charge is 2.02. The number of nitrogens with zero attached hydrogens (tertiary/aromatic N) is 1. The largest absolute Gasteiger partial charge is 0.493 e. The first kappa shape index (κ1) is 13.9. The van der Waals surface area contributed by atoms with Crippen LogP contribution in [0, 0.1) is 0 Å². The van der Waals surface area contributed by atoms with Gasteiger partial charge in [-0.1, -0.05) is 6.92 Å². The second-order valence-corrected chi connectivity index (χ2v) is 3.85. The van der Waals surface area contributed by atoms with Gasteiger partial charge in [-0.3, -0.25) is 4.98 Å². The average molecular weight is 238 g/mol. The molecule has 4 heteroatoms. The second kappa shape index (κ2) is 8.96. The summed E-state index contributed by atoms with van der Waals surface area (Å²) >= 11 is 0. The van der Waals surface area contributed by atoms with Crippen LogP contribution in [0.15, 0.2) is 18.5 Å². The summed E-state index contributed by atoms with van der Waals surface area (Å²) in [5.41, 5.74) is 1.11. The van der Waals surface area contributed by atoms with Crippen LogP contribution < -0.4 is 10.1 Å². The molecule has 0 spiro atoms. The molecule has 0 saturated carbocycles. The van der Waals surface area contributed by atoms with Crippen LogP contribution in [0.3, 0.4) is 0 Å². The van der Waals surface area contributed by atoms with E-state index >= 15 is 0 Å². The number of hydrogen-bond donors (Lipinski definition) is 1. The van der Waals surface area contributed by atoms with Crippen molar-refractivity contribution in [3.05, 3.63) is 24.0 Å². The molecule has 1 aromatic rings. The van der Waals surface area contributed by atoms with Gasteiger partial charge in [0.1, 0.15) is 5.75 Å². The maximum Gasteiger partial charge on any atom is 0.126 e. The first-order valence-electron chi connectivity index (χ1n) is 6.13. The highest BCUT2D eigenvalue weighted by atomic mass is 16.5. The fourth-order valence-corrected chi connectivity index (χ4v) is 1.47. The number of aromatic nitrogens is 1. The molecule has 1 N–H and O–H groups in total. The van der Waals surface area contributed by atoms with Crippen LogP contribution in [0.1, 0.15) is 25.3 Å². The van der Waals surface area contributed by atoms with Crippen molar-refractivity contribution in [3.63, 3.8) is 0 Å². The summed E-state index contributed by atoms with van der Waals surface area (Å²) in [7, 11) is 1.70. The van der Waals surface area contributed by atoms with E-state index in [1.807, 2.05) is 12.3 Å². The van der Waals surface area contributed by atoms with E-state index in [9.17, 15) is 0 Å². The van der Waals surface area contributed by atoms with Gasteiger partial charge in [0.25, 0.3) is 0 Å². The summed E-state index contributed by atoms with van der Waals surface area (Å²) in [5, 5.41) is 3.35. The minimum absolute atomic E-state index is 0.679. The second-order valence-electron chi connectivity index (χ2n) is 3.85. The molecule has 1 rings (SSSR count). The number of pyridine rings is 1. The Bertz CT molecular complexity index is 305. The van der Waals surface area contributed by atoms with Crippen molar-refractivity contribution in [1.29, 1.82) is 0 Å². The summed E-state index contributed by atoms with van der Waals surface area (Å²) in [4.78, 5) is 4.12. The van der Waals surface area contributed by atoms with E-state index in [0.717, 1.165) is 43.9 Å². The standard InChI is InChI=1S/C13H22N2O2/c1-3-6-14-10-12-11-15-7-5-13(12)17-9-4-8-16-2/h5,7,11,14H,3-4,6,8-10H2,1-2H3. The first-order valence-corrected chi connectivity index (χ1v) is 6.13. The zero-order valence-electron chi connectivity index (χ0n) is 10.7. The van der Waals surface area contributed by atoms with Gasteiger partial charge in [0, 0.05) is 44.6 Å². The zero-order valence-corrected chi connectivity index (χ0v) is 10.7. The molecule has 1 aromatic heterocycles. The van der Waals surface area contributed by atoms with E-state index in [1.165, 1.54) is 0 Å². The minimum atomic E-state index is 0.679. The van der Waals surface area contributed by atoms with Crippen molar-refractivity contribution in [2.24, 2.45) is 0 Å². The minimum Gasteiger partial charge on any atom is -0.493 e. The van der Waals surface area contributed by atoms with Gasteiger partial charge < -0.3 is 14.8 Å². The van der Waals surface area contributed by atoms with Crippen molar-refractivity contribution < 1.29 is 9.47 Å². The molecule has 0 radical (unpaired) electrons. The molecule has 0 fully saturated rings. The Kier molecular flexibility index (Phi) is 7.34. The van der Waals surface area contributed by atoms with Crippen LogP contribution in [-0.2, 0) is 11.3 Å². The van der Waals surface area contributed by atoms with Crippen LogP contribution in [-0.4, -0.2) is 31.9 Å². The molecular weight excluding hydrogens is 216 g/mol. The third-order valence-electron chi connectivity index (χ3n) is 2.35. The van der Waals surface area contributed by atoms with Gasteiger partial charge in [-0.2, -0.15) is 0 Å². The van der Waals surface area contributed by atoms with E-state index < -0.39 is 0 Å².